The fraction of sp³-hybridized carbons (Fsp3) is 0. The van der Waals surface area contributed by atoms with Crippen molar-refractivity contribution in [1.82, 2.24) is 9.38 Å². The van der Waals surface area contributed by atoms with E-state index in [2.05, 4.69) is 4.98 Å². The van der Waals surface area contributed by atoms with Gasteiger partial charge in [-0.1, -0.05) is 36.4 Å². The first-order valence-corrected chi connectivity index (χ1v) is 6.17. The number of hydrogen-bond donors (Lipinski definition) is 0. The second-order valence-corrected chi connectivity index (χ2v) is 4.29. The number of imidazole rings is 1. The number of carbonyl (C=O) groups excluding carboxylic acids is 1. The van der Waals surface area contributed by atoms with E-state index in [0.29, 0.717) is 5.69 Å². The maximum absolute atomic E-state index is 10.6. The molecule has 4 heteroatoms. The van der Waals surface area contributed by atoms with E-state index in [1.807, 2.05) is 59.1 Å². The topological polar surface area (TPSA) is 57.4 Å². The van der Waals surface area contributed by atoms with E-state index < -0.39 is 5.97 Å². The van der Waals surface area contributed by atoms with Gasteiger partial charge in [0.2, 0.25) is 0 Å². The molecule has 4 nitrogen and oxygen atoms in total. The summed E-state index contributed by atoms with van der Waals surface area (Å²) in [6.07, 6.45) is 4.35. The van der Waals surface area contributed by atoms with Crippen molar-refractivity contribution in [3.8, 4) is 11.4 Å². The summed E-state index contributed by atoms with van der Waals surface area (Å²) >= 11 is 0. The van der Waals surface area contributed by atoms with E-state index >= 15 is 0 Å². The fourth-order valence-corrected chi connectivity index (χ4v) is 2.12. The van der Waals surface area contributed by atoms with Crippen LogP contribution in [0.5, 0.6) is 0 Å². The highest BCUT2D eigenvalue weighted by atomic mass is 16.4. The molecule has 0 aliphatic rings. The van der Waals surface area contributed by atoms with Crippen molar-refractivity contribution in [2.75, 3.05) is 0 Å². The van der Waals surface area contributed by atoms with Gasteiger partial charge in [-0.3, -0.25) is 4.40 Å². The molecule has 0 radical (unpaired) electrons. The Labute approximate surface area is 115 Å². The second kappa shape index (κ2) is 5.01. The summed E-state index contributed by atoms with van der Waals surface area (Å²) in [6.45, 7) is 0. The van der Waals surface area contributed by atoms with Gasteiger partial charge >= 0.3 is 0 Å². The minimum Gasteiger partial charge on any atom is -0.545 e. The Bertz CT molecular complexity index is 789. The minimum atomic E-state index is -1.23. The molecule has 2 aromatic heterocycles. The van der Waals surface area contributed by atoms with Crippen LogP contribution in [0.1, 0.15) is 5.69 Å². The summed E-state index contributed by atoms with van der Waals surface area (Å²) in [5.41, 5.74) is 2.43. The van der Waals surface area contributed by atoms with Gasteiger partial charge in [0.15, 0.2) is 0 Å². The lowest BCUT2D eigenvalue weighted by Gasteiger charge is -1.99. The molecule has 2 heterocycles. The maximum atomic E-state index is 10.6. The zero-order valence-corrected chi connectivity index (χ0v) is 10.6. The van der Waals surface area contributed by atoms with Crippen molar-refractivity contribution in [3.05, 3.63) is 66.5 Å². The van der Waals surface area contributed by atoms with Crippen LogP contribution >= 0.6 is 0 Å². The number of fused-ring (bicyclic) bond motifs is 1. The Morgan fingerprint density at radius 3 is 2.60 bits per heavy atom. The summed E-state index contributed by atoms with van der Waals surface area (Å²) in [4.78, 5) is 15.1. The molecule has 0 saturated carbocycles. The van der Waals surface area contributed by atoms with E-state index in [0.717, 1.165) is 23.0 Å². The standard InChI is InChI=1S/C16H12N2O2/c19-15(20)10-9-13-14-8-4-5-11-18(14)16(17-13)12-6-2-1-3-7-12/h1-11H,(H,19,20)/p-1. The average molecular weight is 263 g/mol. The van der Waals surface area contributed by atoms with Crippen LogP contribution in [0.25, 0.3) is 23.0 Å². The summed E-state index contributed by atoms with van der Waals surface area (Å²) < 4.78 is 1.93. The van der Waals surface area contributed by atoms with Crippen LogP contribution in [0, 0.1) is 0 Å². The molecule has 1 aromatic carbocycles. The lowest BCUT2D eigenvalue weighted by Crippen LogP contribution is -2.18. The van der Waals surface area contributed by atoms with Gasteiger partial charge < -0.3 is 9.90 Å². The number of aliphatic carboxylic acids is 1. The molecule has 0 bridgehead atoms. The number of benzene rings is 1. The average Bonchev–Trinajstić information content (AvgIpc) is 2.85. The monoisotopic (exact) mass is 263 g/mol. The molecule has 0 N–H and O–H groups in total. The lowest BCUT2D eigenvalue weighted by atomic mass is 10.2. The van der Waals surface area contributed by atoms with Crippen molar-refractivity contribution >= 4 is 17.6 Å². The Hall–Kier alpha value is -2.88. The molecule has 98 valence electrons. The van der Waals surface area contributed by atoms with Crippen LogP contribution in [0.15, 0.2) is 60.8 Å². The summed E-state index contributed by atoms with van der Waals surface area (Å²) in [5.74, 6) is -0.456. The lowest BCUT2D eigenvalue weighted by molar-refractivity contribution is -0.297. The third-order valence-electron chi connectivity index (χ3n) is 2.99. The molecular formula is C16H11N2O2-. The number of hydrogen-bond acceptors (Lipinski definition) is 3. The molecule has 0 aliphatic heterocycles. The van der Waals surface area contributed by atoms with Crippen molar-refractivity contribution < 1.29 is 9.90 Å². The summed E-state index contributed by atoms with van der Waals surface area (Å²) in [7, 11) is 0. The molecule has 0 amide bonds. The van der Waals surface area contributed by atoms with E-state index in [9.17, 15) is 9.90 Å². The molecule has 0 fully saturated rings. The van der Waals surface area contributed by atoms with Gasteiger partial charge in [0.1, 0.15) is 5.82 Å². The Morgan fingerprint density at radius 2 is 1.85 bits per heavy atom. The van der Waals surface area contributed by atoms with Crippen LogP contribution < -0.4 is 5.11 Å². The summed E-state index contributed by atoms with van der Waals surface area (Å²) in [5, 5.41) is 10.6. The number of carboxylic acid groups (broad SMARTS) is 1. The molecule has 0 unspecified atom stereocenters. The largest absolute Gasteiger partial charge is 0.545 e. The van der Waals surface area contributed by atoms with Crippen molar-refractivity contribution in [2.24, 2.45) is 0 Å². The Balaban J connectivity index is 2.21. The predicted molar refractivity (Wildman–Crippen MR) is 74.7 cm³/mol. The van der Waals surface area contributed by atoms with Gasteiger partial charge in [-0.25, -0.2) is 4.98 Å². The van der Waals surface area contributed by atoms with E-state index in [1.165, 1.54) is 6.08 Å². The normalized spacial score (nSPS) is 11.2. The third kappa shape index (κ3) is 2.19. The number of carboxylic acids is 1. The summed E-state index contributed by atoms with van der Waals surface area (Å²) in [6, 6.07) is 15.5. The number of pyridine rings is 1. The number of rotatable bonds is 3. The predicted octanol–water partition coefficient (Wildman–Crippen LogP) is 1.76. The zero-order chi connectivity index (χ0) is 13.9. The van der Waals surface area contributed by atoms with E-state index in [-0.39, 0.29) is 0 Å². The van der Waals surface area contributed by atoms with Gasteiger partial charge in [0.25, 0.3) is 0 Å². The van der Waals surface area contributed by atoms with Crippen LogP contribution in [-0.4, -0.2) is 15.4 Å². The molecule has 0 atom stereocenters. The van der Waals surface area contributed by atoms with Crippen LogP contribution in [0.3, 0.4) is 0 Å². The molecule has 0 saturated heterocycles. The Kier molecular flexibility index (Phi) is 3.05. The highest BCUT2D eigenvalue weighted by Gasteiger charge is 2.09. The van der Waals surface area contributed by atoms with E-state index in [1.54, 1.807) is 0 Å². The highest BCUT2D eigenvalue weighted by molar-refractivity contribution is 5.86. The highest BCUT2D eigenvalue weighted by Crippen LogP contribution is 2.23. The van der Waals surface area contributed by atoms with Crippen molar-refractivity contribution in [1.29, 1.82) is 0 Å². The van der Waals surface area contributed by atoms with Crippen LogP contribution in [-0.2, 0) is 4.79 Å². The van der Waals surface area contributed by atoms with Gasteiger partial charge in [-0.15, -0.1) is 0 Å². The Morgan fingerprint density at radius 1 is 1.10 bits per heavy atom. The number of nitrogens with zero attached hydrogens (tertiary/aromatic N) is 2. The number of carbonyl (C=O) groups is 1. The molecule has 3 aromatic rings. The quantitative estimate of drug-likeness (QED) is 0.677. The third-order valence-corrected chi connectivity index (χ3v) is 2.99. The van der Waals surface area contributed by atoms with E-state index in [4.69, 9.17) is 0 Å². The first-order valence-electron chi connectivity index (χ1n) is 6.17. The van der Waals surface area contributed by atoms with Crippen LogP contribution in [0.4, 0.5) is 0 Å². The molecule has 0 spiro atoms. The van der Waals surface area contributed by atoms with Crippen molar-refractivity contribution in [2.45, 2.75) is 0 Å². The first kappa shape index (κ1) is 12.2. The molecular weight excluding hydrogens is 252 g/mol. The second-order valence-electron chi connectivity index (χ2n) is 4.29. The number of aromatic nitrogens is 2. The van der Waals surface area contributed by atoms with Gasteiger partial charge in [0, 0.05) is 11.8 Å². The first-order chi connectivity index (χ1) is 9.75. The molecule has 0 aliphatic carbocycles. The van der Waals surface area contributed by atoms with Crippen molar-refractivity contribution in [3.63, 3.8) is 0 Å². The van der Waals surface area contributed by atoms with Crippen LogP contribution in [0.2, 0.25) is 0 Å². The smallest absolute Gasteiger partial charge is 0.145 e. The van der Waals surface area contributed by atoms with Gasteiger partial charge in [-0.05, 0) is 24.3 Å². The maximum Gasteiger partial charge on any atom is 0.145 e. The molecule has 3 rings (SSSR count). The molecule has 20 heavy (non-hydrogen) atoms. The SMILES string of the molecule is O=C([O-])C=Cc1nc(-c2ccccc2)n2ccccc12. The fourth-order valence-electron chi connectivity index (χ4n) is 2.12. The minimum absolute atomic E-state index is 0.605. The zero-order valence-electron chi connectivity index (χ0n) is 10.6. The van der Waals surface area contributed by atoms with Gasteiger partial charge in [0.05, 0.1) is 17.2 Å². The van der Waals surface area contributed by atoms with Gasteiger partial charge in [-0.2, -0.15) is 0 Å².